The second-order valence-corrected chi connectivity index (χ2v) is 10.4. The third-order valence-electron chi connectivity index (χ3n) is 7.82. The third kappa shape index (κ3) is 5.09. The molecule has 0 saturated carbocycles. The molecule has 4 aliphatic heterocycles. The predicted molar refractivity (Wildman–Crippen MR) is 134 cm³/mol. The zero-order valence-corrected chi connectivity index (χ0v) is 20.7. The fourth-order valence-electron chi connectivity index (χ4n) is 5.71. The van der Waals surface area contributed by atoms with E-state index in [1.165, 1.54) is 11.1 Å². The molecule has 2 atom stereocenters. The molecule has 6 rings (SSSR count). The number of carbonyl (C=O) groups is 1. The Labute approximate surface area is 212 Å². The number of benzene rings is 2. The summed E-state index contributed by atoms with van der Waals surface area (Å²) < 4.78 is 17.5. The van der Waals surface area contributed by atoms with Gasteiger partial charge in [-0.15, -0.1) is 0 Å². The van der Waals surface area contributed by atoms with Gasteiger partial charge in [-0.25, -0.2) is 0 Å². The van der Waals surface area contributed by atoms with Crippen LogP contribution in [0, 0.1) is 0 Å². The van der Waals surface area contributed by atoms with Gasteiger partial charge < -0.3 is 24.2 Å². The van der Waals surface area contributed by atoms with E-state index < -0.39 is 6.10 Å². The Morgan fingerprint density at radius 1 is 1.06 bits per heavy atom. The number of nitrogens with zero attached hydrogens (tertiary/aromatic N) is 3. The topological polar surface area (TPSA) is 74.7 Å². The summed E-state index contributed by atoms with van der Waals surface area (Å²) in [4.78, 5) is 19.7. The van der Waals surface area contributed by atoms with Crippen LogP contribution in [0.4, 0.5) is 0 Å². The molecule has 36 heavy (non-hydrogen) atoms. The summed E-state index contributed by atoms with van der Waals surface area (Å²) in [5.74, 6) is 1.19. The van der Waals surface area contributed by atoms with Crippen LogP contribution in [0.1, 0.15) is 27.9 Å². The lowest BCUT2D eigenvalue weighted by atomic mass is 10.00. The number of β-amino-alcohol motifs (C(OH)–C–C–N with tert-alkyl or cyclic N) is 1. The fourth-order valence-corrected chi connectivity index (χ4v) is 5.71. The molecule has 2 fully saturated rings. The highest BCUT2D eigenvalue weighted by molar-refractivity contribution is 5.97. The molecule has 4 aliphatic rings. The van der Waals surface area contributed by atoms with E-state index in [1.54, 1.807) is 11.0 Å². The Balaban J connectivity index is 1.05. The number of carbonyl (C=O) groups excluding carboxylic acids is 1. The number of likely N-dealkylation sites (tertiary alicyclic amines) is 1. The van der Waals surface area contributed by atoms with Gasteiger partial charge in [0.25, 0.3) is 5.91 Å². The number of fused-ring (bicyclic) bond motifs is 2. The highest BCUT2D eigenvalue weighted by Gasteiger charge is 2.33. The van der Waals surface area contributed by atoms with Gasteiger partial charge in [-0.1, -0.05) is 24.3 Å². The molecule has 0 spiro atoms. The molecular weight excluding hydrogens is 458 g/mol. The van der Waals surface area contributed by atoms with Crippen molar-refractivity contribution in [1.29, 1.82) is 0 Å². The van der Waals surface area contributed by atoms with Gasteiger partial charge in [0.1, 0.15) is 24.2 Å². The van der Waals surface area contributed by atoms with Crippen LogP contribution < -0.4 is 9.47 Å². The van der Waals surface area contributed by atoms with E-state index >= 15 is 0 Å². The number of aliphatic hydroxyl groups excluding tert-OH is 1. The summed E-state index contributed by atoms with van der Waals surface area (Å²) in [7, 11) is 0. The maximum absolute atomic E-state index is 13.3. The van der Waals surface area contributed by atoms with Gasteiger partial charge >= 0.3 is 0 Å². The number of aliphatic hydroxyl groups is 1. The number of rotatable bonds is 7. The van der Waals surface area contributed by atoms with Crippen LogP contribution >= 0.6 is 0 Å². The molecule has 0 aromatic heterocycles. The predicted octanol–water partition coefficient (Wildman–Crippen LogP) is 1.79. The highest BCUT2D eigenvalue weighted by atomic mass is 16.5. The van der Waals surface area contributed by atoms with E-state index in [2.05, 4.69) is 34.1 Å². The van der Waals surface area contributed by atoms with Crippen LogP contribution in [0.25, 0.3) is 0 Å². The first kappa shape index (κ1) is 23.7. The standard InChI is InChI=1S/C28H35N3O5/c32-23(15-29-9-7-20-3-1-2-4-21(20)14-29)16-31-11-12-35-27-13-24(5-6-26(27)28(31)33)36-25-8-10-30(17-25)22-18-34-19-22/h1-6,13,22-23,25,32H,7-12,14-19H2/t23-,25?/m1/s1. The van der Waals surface area contributed by atoms with E-state index in [4.69, 9.17) is 14.2 Å². The molecule has 1 N–H and O–H groups in total. The lowest BCUT2D eigenvalue weighted by Crippen LogP contribution is -2.48. The van der Waals surface area contributed by atoms with E-state index in [0.29, 0.717) is 43.6 Å². The maximum atomic E-state index is 13.3. The SMILES string of the molecule is O=C1c2ccc(OC3CCN(C4COC4)C3)cc2OCCN1C[C@H](O)CN1CCc2ccccc2C1. The van der Waals surface area contributed by atoms with Crippen molar-refractivity contribution in [2.24, 2.45) is 0 Å². The molecule has 2 saturated heterocycles. The minimum Gasteiger partial charge on any atom is -0.491 e. The summed E-state index contributed by atoms with van der Waals surface area (Å²) in [6, 6.07) is 14.5. The van der Waals surface area contributed by atoms with Gasteiger partial charge in [-0.2, -0.15) is 0 Å². The van der Waals surface area contributed by atoms with Gasteiger partial charge in [0, 0.05) is 45.3 Å². The van der Waals surface area contributed by atoms with Crippen molar-refractivity contribution < 1.29 is 24.1 Å². The molecule has 192 valence electrons. The maximum Gasteiger partial charge on any atom is 0.257 e. The normalized spacial score (nSPS) is 23.9. The van der Waals surface area contributed by atoms with Crippen LogP contribution in [0.5, 0.6) is 11.5 Å². The Hall–Kier alpha value is -2.65. The first-order valence-electron chi connectivity index (χ1n) is 13.1. The second kappa shape index (κ2) is 10.4. The minimum absolute atomic E-state index is 0.103. The molecular formula is C28H35N3O5. The molecule has 2 aromatic rings. The smallest absolute Gasteiger partial charge is 0.257 e. The number of hydrogen-bond donors (Lipinski definition) is 1. The Morgan fingerprint density at radius 2 is 1.92 bits per heavy atom. The van der Waals surface area contributed by atoms with Crippen LogP contribution in [0.2, 0.25) is 0 Å². The average Bonchev–Trinajstić information content (AvgIpc) is 3.23. The van der Waals surface area contributed by atoms with Gasteiger partial charge in [-0.05, 0) is 36.1 Å². The summed E-state index contributed by atoms with van der Waals surface area (Å²) in [6.45, 7) is 7.00. The Morgan fingerprint density at radius 3 is 2.75 bits per heavy atom. The largest absolute Gasteiger partial charge is 0.491 e. The van der Waals surface area contributed by atoms with Crippen molar-refractivity contribution in [2.45, 2.75) is 37.6 Å². The number of amides is 1. The van der Waals surface area contributed by atoms with E-state index in [9.17, 15) is 9.90 Å². The monoisotopic (exact) mass is 493 g/mol. The molecule has 0 bridgehead atoms. The second-order valence-electron chi connectivity index (χ2n) is 10.4. The summed E-state index contributed by atoms with van der Waals surface area (Å²) in [6.07, 6.45) is 1.50. The zero-order chi connectivity index (χ0) is 24.5. The molecule has 2 aromatic carbocycles. The molecule has 1 amide bonds. The van der Waals surface area contributed by atoms with Crippen molar-refractivity contribution in [2.75, 3.05) is 59.1 Å². The first-order valence-corrected chi connectivity index (χ1v) is 13.1. The van der Waals surface area contributed by atoms with Crippen molar-refractivity contribution in [1.82, 2.24) is 14.7 Å². The van der Waals surface area contributed by atoms with E-state index in [0.717, 1.165) is 58.0 Å². The quantitative estimate of drug-likeness (QED) is 0.631. The van der Waals surface area contributed by atoms with E-state index in [1.807, 2.05) is 12.1 Å². The van der Waals surface area contributed by atoms with Crippen molar-refractivity contribution in [3.8, 4) is 11.5 Å². The molecule has 1 unspecified atom stereocenters. The average molecular weight is 494 g/mol. The van der Waals surface area contributed by atoms with Crippen molar-refractivity contribution in [3.05, 3.63) is 59.2 Å². The molecule has 8 heteroatoms. The van der Waals surface area contributed by atoms with Crippen molar-refractivity contribution >= 4 is 5.91 Å². The van der Waals surface area contributed by atoms with Crippen LogP contribution in [-0.4, -0.2) is 103 Å². The number of hydrogen-bond acceptors (Lipinski definition) is 7. The fraction of sp³-hybridized carbons (Fsp3) is 0.536. The van der Waals surface area contributed by atoms with E-state index in [-0.39, 0.29) is 12.0 Å². The lowest BCUT2D eigenvalue weighted by molar-refractivity contribution is -0.0592. The Kier molecular flexibility index (Phi) is 6.84. The minimum atomic E-state index is -0.616. The Bertz CT molecular complexity index is 1090. The van der Waals surface area contributed by atoms with Gasteiger partial charge in [0.05, 0.1) is 37.5 Å². The molecule has 0 aliphatic carbocycles. The lowest BCUT2D eigenvalue weighted by Gasteiger charge is -2.34. The van der Waals surface area contributed by atoms with Gasteiger partial charge in [-0.3, -0.25) is 14.6 Å². The van der Waals surface area contributed by atoms with Gasteiger partial charge in [0.2, 0.25) is 0 Å². The molecule has 4 heterocycles. The summed E-state index contributed by atoms with van der Waals surface area (Å²) >= 11 is 0. The number of ether oxygens (including phenoxy) is 3. The summed E-state index contributed by atoms with van der Waals surface area (Å²) in [5, 5.41) is 10.8. The van der Waals surface area contributed by atoms with Crippen LogP contribution in [0.15, 0.2) is 42.5 Å². The summed E-state index contributed by atoms with van der Waals surface area (Å²) in [5.41, 5.74) is 3.24. The van der Waals surface area contributed by atoms with Gasteiger partial charge in [0.15, 0.2) is 0 Å². The molecule has 0 radical (unpaired) electrons. The third-order valence-corrected chi connectivity index (χ3v) is 7.82. The van der Waals surface area contributed by atoms with Crippen LogP contribution in [-0.2, 0) is 17.7 Å². The zero-order valence-electron chi connectivity index (χ0n) is 20.7. The first-order chi connectivity index (χ1) is 17.6. The van der Waals surface area contributed by atoms with Crippen LogP contribution in [0.3, 0.4) is 0 Å². The highest BCUT2D eigenvalue weighted by Crippen LogP contribution is 2.30. The van der Waals surface area contributed by atoms with Crippen molar-refractivity contribution in [3.63, 3.8) is 0 Å². The molecule has 8 nitrogen and oxygen atoms in total.